The van der Waals surface area contributed by atoms with Gasteiger partial charge >= 0.3 is 5.97 Å². The summed E-state index contributed by atoms with van der Waals surface area (Å²) in [4.78, 5) is 25.7. The van der Waals surface area contributed by atoms with Crippen molar-refractivity contribution in [2.24, 2.45) is 0 Å². The molecule has 1 amide bonds. The maximum absolute atomic E-state index is 12.2. The molecule has 0 aromatic heterocycles. The van der Waals surface area contributed by atoms with E-state index in [0.29, 0.717) is 10.6 Å². The molecule has 2 N–H and O–H groups in total. The van der Waals surface area contributed by atoms with Crippen LogP contribution in [0.3, 0.4) is 0 Å². The Hall–Kier alpha value is -2.92. The van der Waals surface area contributed by atoms with Crippen molar-refractivity contribution in [3.05, 3.63) is 64.2 Å². The molecule has 1 saturated heterocycles. The molecule has 0 atom stereocenters. The maximum Gasteiger partial charge on any atom is 0.338 e. The number of amides is 1. The van der Waals surface area contributed by atoms with Crippen molar-refractivity contribution in [1.29, 1.82) is 5.26 Å². The van der Waals surface area contributed by atoms with E-state index in [0.717, 1.165) is 38.4 Å². The number of ether oxygens (including phenoxy) is 2. The number of anilines is 1. The van der Waals surface area contributed by atoms with Crippen LogP contribution < -0.4 is 10.2 Å². The highest BCUT2D eigenvalue weighted by molar-refractivity contribution is 6.31. The Morgan fingerprint density at radius 2 is 1.90 bits per heavy atom. The van der Waals surface area contributed by atoms with E-state index in [1.165, 1.54) is 17.0 Å². The quantitative estimate of drug-likeness (QED) is 0.697. The Balaban J connectivity index is 1.50. The number of nitrogens with zero attached hydrogens (tertiary/aromatic N) is 1. The first kappa shape index (κ1) is 20.8. The van der Waals surface area contributed by atoms with Gasteiger partial charge in [0.1, 0.15) is 25.7 Å². The number of hydrogen-bond acceptors (Lipinski definition) is 5. The van der Waals surface area contributed by atoms with Crippen molar-refractivity contribution in [3.63, 3.8) is 0 Å². The normalized spacial score (nSPS) is 14.1. The largest absolute Gasteiger partial charge is 0.452 e. The lowest BCUT2D eigenvalue weighted by Gasteiger charge is -2.23. The van der Waals surface area contributed by atoms with Crippen LogP contribution in [0.25, 0.3) is 0 Å². The van der Waals surface area contributed by atoms with Gasteiger partial charge in [-0.25, -0.2) is 4.79 Å². The van der Waals surface area contributed by atoms with E-state index in [1.54, 1.807) is 18.2 Å². The van der Waals surface area contributed by atoms with Crippen molar-refractivity contribution >= 4 is 29.2 Å². The number of carbonyl (C=O) groups excluding carboxylic acids is 2. The van der Waals surface area contributed by atoms with Crippen LogP contribution in [-0.4, -0.2) is 44.8 Å². The molecule has 0 unspecified atom stereocenters. The number of halogens is 1. The lowest BCUT2D eigenvalue weighted by atomic mass is 10.1. The van der Waals surface area contributed by atoms with E-state index in [9.17, 15) is 9.59 Å². The topological polar surface area (TPSA) is 92.9 Å². The zero-order valence-electron chi connectivity index (χ0n) is 15.7. The third-order valence-electron chi connectivity index (χ3n) is 4.55. The Bertz CT molecular complexity index is 919. The summed E-state index contributed by atoms with van der Waals surface area (Å²) in [5, 5.41) is 12.0. The molecule has 29 heavy (non-hydrogen) atoms. The van der Waals surface area contributed by atoms with E-state index in [2.05, 4.69) is 5.32 Å². The lowest BCUT2D eigenvalue weighted by Crippen LogP contribution is -3.12. The standard InChI is InChI=1S/C21H20ClN3O4/c22-18-6-5-17(12-23)19(11-18)24-20(26)14-29-21(27)16-3-1-15(2-4-16)13-25-7-9-28-10-8-25/h1-6,11H,7-10,13-14H2,(H,24,26)/p+1. The molecule has 1 fully saturated rings. The lowest BCUT2D eigenvalue weighted by molar-refractivity contribution is -0.921. The summed E-state index contributed by atoms with van der Waals surface area (Å²) in [6.45, 7) is 3.90. The first-order valence-electron chi connectivity index (χ1n) is 9.22. The van der Waals surface area contributed by atoms with E-state index in [4.69, 9.17) is 26.3 Å². The molecule has 150 valence electrons. The number of hydrogen-bond donors (Lipinski definition) is 2. The molecule has 0 radical (unpaired) electrons. The molecule has 0 saturated carbocycles. The Morgan fingerprint density at radius 3 is 2.59 bits per heavy atom. The van der Waals surface area contributed by atoms with Crippen molar-refractivity contribution in [3.8, 4) is 6.07 Å². The molecule has 8 heteroatoms. The zero-order chi connectivity index (χ0) is 20.6. The monoisotopic (exact) mass is 414 g/mol. The number of carbonyl (C=O) groups is 2. The predicted octanol–water partition coefficient (Wildman–Crippen LogP) is 1.42. The van der Waals surface area contributed by atoms with Crippen LogP contribution in [0.2, 0.25) is 5.02 Å². The second-order valence-electron chi connectivity index (χ2n) is 6.66. The molecule has 2 aromatic rings. The van der Waals surface area contributed by atoms with Crippen LogP contribution in [0.1, 0.15) is 21.5 Å². The summed E-state index contributed by atoms with van der Waals surface area (Å²) in [5.74, 6) is -1.14. The van der Waals surface area contributed by atoms with E-state index in [-0.39, 0.29) is 11.3 Å². The number of rotatable bonds is 6. The highest BCUT2D eigenvalue weighted by Gasteiger charge is 2.15. The van der Waals surface area contributed by atoms with Crippen molar-refractivity contribution in [2.75, 3.05) is 38.2 Å². The minimum atomic E-state index is -0.586. The molecule has 1 heterocycles. The molecule has 0 spiro atoms. The molecule has 3 rings (SSSR count). The molecule has 0 bridgehead atoms. The van der Waals surface area contributed by atoms with Gasteiger partial charge in [0.05, 0.1) is 30.0 Å². The number of nitrogens with one attached hydrogen (secondary N) is 2. The fraction of sp³-hybridized carbons (Fsp3) is 0.286. The summed E-state index contributed by atoms with van der Waals surface area (Å²) in [7, 11) is 0. The first-order valence-corrected chi connectivity index (χ1v) is 9.60. The van der Waals surface area contributed by atoms with E-state index >= 15 is 0 Å². The van der Waals surface area contributed by atoms with Gasteiger partial charge in [0, 0.05) is 10.6 Å². The van der Waals surface area contributed by atoms with Crippen molar-refractivity contribution in [2.45, 2.75) is 6.54 Å². The Morgan fingerprint density at radius 1 is 1.17 bits per heavy atom. The van der Waals surface area contributed by atoms with Crippen LogP contribution in [0, 0.1) is 11.3 Å². The smallest absolute Gasteiger partial charge is 0.338 e. The minimum absolute atomic E-state index is 0.270. The van der Waals surface area contributed by atoms with Gasteiger partial charge < -0.3 is 19.7 Å². The number of quaternary nitrogens is 1. The van der Waals surface area contributed by atoms with Crippen LogP contribution >= 0.6 is 11.6 Å². The molecular weight excluding hydrogens is 394 g/mol. The number of benzene rings is 2. The van der Waals surface area contributed by atoms with Gasteiger partial charge in [-0.05, 0) is 30.3 Å². The highest BCUT2D eigenvalue weighted by Crippen LogP contribution is 2.20. The second-order valence-corrected chi connectivity index (χ2v) is 7.10. The fourth-order valence-corrected chi connectivity index (χ4v) is 3.17. The van der Waals surface area contributed by atoms with E-state index in [1.807, 2.05) is 18.2 Å². The second kappa shape index (κ2) is 10.0. The summed E-state index contributed by atoms with van der Waals surface area (Å²) in [6, 6.07) is 13.7. The SMILES string of the molecule is N#Cc1ccc(Cl)cc1NC(=O)COC(=O)c1ccc(C[NH+]2CCOCC2)cc1. The van der Waals surface area contributed by atoms with Crippen LogP contribution in [0.4, 0.5) is 5.69 Å². The van der Waals surface area contributed by atoms with E-state index < -0.39 is 18.5 Å². The summed E-state index contributed by atoms with van der Waals surface area (Å²) in [5.41, 5.74) is 2.04. The van der Waals surface area contributed by atoms with Crippen LogP contribution in [0.5, 0.6) is 0 Å². The predicted molar refractivity (Wildman–Crippen MR) is 107 cm³/mol. The number of nitriles is 1. The Labute approximate surface area is 173 Å². The van der Waals surface area contributed by atoms with Gasteiger partial charge in [-0.1, -0.05) is 23.7 Å². The van der Waals surface area contributed by atoms with Gasteiger partial charge in [0.2, 0.25) is 0 Å². The van der Waals surface area contributed by atoms with Crippen molar-refractivity contribution < 1.29 is 24.0 Å². The van der Waals surface area contributed by atoms with Gasteiger partial charge in [-0.15, -0.1) is 0 Å². The Kier molecular flexibility index (Phi) is 7.19. The number of esters is 1. The maximum atomic E-state index is 12.2. The summed E-state index contributed by atoms with van der Waals surface area (Å²) < 4.78 is 10.4. The van der Waals surface area contributed by atoms with Crippen molar-refractivity contribution in [1.82, 2.24) is 0 Å². The van der Waals surface area contributed by atoms with Gasteiger partial charge in [-0.3, -0.25) is 4.79 Å². The molecule has 7 nitrogen and oxygen atoms in total. The molecule has 1 aliphatic rings. The first-order chi connectivity index (χ1) is 14.0. The van der Waals surface area contributed by atoms with Gasteiger partial charge in [-0.2, -0.15) is 5.26 Å². The third-order valence-corrected chi connectivity index (χ3v) is 4.79. The summed E-state index contributed by atoms with van der Waals surface area (Å²) >= 11 is 5.89. The van der Waals surface area contributed by atoms with Gasteiger partial charge in [0.15, 0.2) is 6.61 Å². The molecule has 0 aliphatic carbocycles. The summed E-state index contributed by atoms with van der Waals surface area (Å²) in [6.07, 6.45) is 0. The fourth-order valence-electron chi connectivity index (χ4n) is 3.00. The average molecular weight is 415 g/mol. The number of morpholine rings is 1. The third kappa shape index (κ3) is 6.03. The van der Waals surface area contributed by atoms with Gasteiger partial charge in [0.25, 0.3) is 5.91 Å². The molecule has 2 aromatic carbocycles. The molecular formula is C21H21ClN3O4+. The highest BCUT2D eigenvalue weighted by atomic mass is 35.5. The average Bonchev–Trinajstić information content (AvgIpc) is 2.73. The van der Waals surface area contributed by atoms with Crippen LogP contribution in [-0.2, 0) is 20.8 Å². The van der Waals surface area contributed by atoms with Crippen LogP contribution in [0.15, 0.2) is 42.5 Å². The zero-order valence-corrected chi connectivity index (χ0v) is 16.5. The molecule has 1 aliphatic heterocycles. The minimum Gasteiger partial charge on any atom is -0.452 e.